The number of hydrogen-bond donors (Lipinski definition) is 2. The highest BCUT2D eigenvalue weighted by molar-refractivity contribution is 9.10. The Morgan fingerprint density at radius 1 is 1.47 bits per heavy atom. The van der Waals surface area contributed by atoms with E-state index in [1.807, 2.05) is 24.3 Å². The molecule has 0 saturated heterocycles. The van der Waals surface area contributed by atoms with Gasteiger partial charge in [0.1, 0.15) is 5.75 Å². The van der Waals surface area contributed by atoms with E-state index in [1.165, 1.54) is 0 Å². The van der Waals surface area contributed by atoms with Crippen molar-refractivity contribution in [1.29, 1.82) is 0 Å². The summed E-state index contributed by atoms with van der Waals surface area (Å²) in [5.41, 5.74) is 0. The molecule has 2 aromatic rings. The largest absolute Gasteiger partial charge is 0.493 e. The van der Waals surface area contributed by atoms with Crippen LogP contribution in [0.4, 0.5) is 0 Å². The lowest BCUT2D eigenvalue weighted by molar-refractivity contribution is -0.121. The average Bonchev–Trinajstić information content (AvgIpc) is 2.89. The molecule has 2 rings (SSSR count). The minimum Gasteiger partial charge on any atom is -0.493 e. The van der Waals surface area contributed by atoms with Crippen molar-refractivity contribution in [3.05, 3.63) is 34.6 Å². The number of carbonyl (C=O) groups excluding carboxylic acids is 1. The van der Waals surface area contributed by atoms with Gasteiger partial charge in [0, 0.05) is 4.47 Å². The SMILES string of the molecule is O=C(CCOc1cccc(Br)c1)NCc1nn[nH]n1. The van der Waals surface area contributed by atoms with Gasteiger partial charge in [0.05, 0.1) is 19.6 Å². The van der Waals surface area contributed by atoms with E-state index in [9.17, 15) is 4.79 Å². The molecule has 100 valence electrons. The van der Waals surface area contributed by atoms with Crippen LogP contribution in [-0.4, -0.2) is 33.1 Å². The second-order valence-electron chi connectivity index (χ2n) is 3.66. The summed E-state index contributed by atoms with van der Waals surface area (Å²) in [4.78, 5) is 11.5. The molecule has 1 aromatic heterocycles. The first-order valence-corrected chi connectivity index (χ1v) is 6.41. The minimum absolute atomic E-state index is 0.125. The van der Waals surface area contributed by atoms with Gasteiger partial charge in [-0.2, -0.15) is 5.21 Å². The Bertz CT molecular complexity index is 532. The molecule has 0 spiro atoms. The highest BCUT2D eigenvalue weighted by atomic mass is 79.9. The summed E-state index contributed by atoms with van der Waals surface area (Å²) >= 11 is 3.35. The molecule has 0 radical (unpaired) electrons. The van der Waals surface area contributed by atoms with Gasteiger partial charge >= 0.3 is 0 Å². The van der Waals surface area contributed by atoms with Crippen molar-refractivity contribution in [3.63, 3.8) is 0 Å². The van der Waals surface area contributed by atoms with Crippen LogP contribution in [0.25, 0.3) is 0 Å². The molecule has 0 aliphatic carbocycles. The number of nitrogens with zero attached hydrogens (tertiary/aromatic N) is 3. The van der Waals surface area contributed by atoms with Crippen LogP contribution in [0.5, 0.6) is 5.75 Å². The lowest BCUT2D eigenvalue weighted by Crippen LogP contribution is -2.25. The summed E-state index contributed by atoms with van der Waals surface area (Å²) in [6.07, 6.45) is 0.268. The average molecular weight is 326 g/mol. The van der Waals surface area contributed by atoms with Crippen LogP contribution in [0.3, 0.4) is 0 Å². The molecular weight excluding hydrogens is 314 g/mol. The number of carbonyl (C=O) groups is 1. The first-order chi connectivity index (χ1) is 9.24. The van der Waals surface area contributed by atoms with Gasteiger partial charge in [-0.3, -0.25) is 4.79 Å². The van der Waals surface area contributed by atoms with Crippen molar-refractivity contribution in [1.82, 2.24) is 25.9 Å². The Balaban J connectivity index is 1.66. The monoisotopic (exact) mass is 325 g/mol. The molecule has 0 aliphatic heterocycles. The van der Waals surface area contributed by atoms with E-state index in [-0.39, 0.29) is 18.9 Å². The van der Waals surface area contributed by atoms with E-state index >= 15 is 0 Å². The predicted molar refractivity (Wildman–Crippen MR) is 70.3 cm³/mol. The molecule has 0 aliphatic rings. The minimum atomic E-state index is -0.125. The zero-order chi connectivity index (χ0) is 13.5. The molecule has 0 saturated carbocycles. The number of nitrogens with one attached hydrogen (secondary N) is 2. The quantitative estimate of drug-likeness (QED) is 0.828. The van der Waals surface area contributed by atoms with Crippen molar-refractivity contribution in [2.75, 3.05) is 6.61 Å². The van der Waals surface area contributed by atoms with Crippen LogP contribution in [0, 0.1) is 0 Å². The summed E-state index contributed by atoms with van der Waals surface area (Å²) in [5.74, 6) is 1.04. The number of amides is 1. The van der Waals surface area contributed by atoms with Crippen LogP contribution >= 0.6 is 15.9 Å². The maximum absolute atomic E-state index is 11.5. The Morgan fingerprint density at radius 3 is 3.11 bits per heavy atom. The Labute approximate surface area is 117 Å². The Morgan fingerprint density at radius 2 is 2.37 bits per heavy atom. The molecule has 0 atom stereocenters. The highest BCUT2D eigenvalue weighted by Gasteiger charge is 2.04. The van der Waals surface area contributed by atoms with Gasteiger partial charge in [-0.1, -0.05) is 27.2 Å². The fourth-order valence-corrected chi connectivity index (χ4v) is 1.72. The lowest BCUT2D eigenvalue weighted by atomic mass is 10.3. The van der Waals surface area contributed by atoms with Crippen LogP contribution in [0.2, 0.25) is 0 Å². The standard InChI is InChI=1S/C11H12BrN5O2/c12-8-2-1-3-9(6-8)19-5-4-11(18)13-7-10-14-16-17-15-10/h1-3,6H,4-5,7H2,(H,13,18)(H,14,15,16,17). The smallest absolute Gasteiger partial charge is 0.223 e. The van der Waals surface area contributed by atoms with Crippen molar-refractivity contribution >= 4 is 21.8 Å². The third-order valence-corrected chi connectivity index (χ3v) is 2.72. The first kappa shape index (κ1) is 13.5. The number of aromatic amines is 1. The number of ether oxygens (including phenoxy) is 1. The lowest BCUT2D eigenvalue weighted by Gasteiger charge is -2.06. The third kappa shape index (κ3) is 4.66. The van der Waals surface area contributed by atoms with E-state index < -0.39 is 0 Å². The second-order valence-corrected chi connectivity index (χ2v) is 4.58. The molecule has 0 fully saturated rings. The number of benzene rings is 1. The zero-order valence-electron chi connectivity index (χ0n) is 9.97. The first-order valence-electron chi connectivity index (χ1n) is 5.61. The molecule has 2 N–H and O–H groups in total. The summed E-state index contributed by atoms with van der Waals surface area (Å²) in [6, 6.07) is 7.46. The zero-order valence-corrected chi connectivity index (χ0v) is 11.6. The normalized spacial score (nSPS) is 10.2. The van der Waals surface area contributed by atoms with Gasteiger partial charge in [0.2, 0.25) is 5.91 Å². The van der Waals surface area contributed by atoms with Gasteiger partial charge in [-0.15, -0.1) is 10.2 Å². The number of aromatic nitrogens is 4. The van der Waals surface area contributed by atoms with Crippen molar-refractivity contribution < 1.29 is 9.53 Å². The van der Waals surface area contributed by atoms with Crippen molar-refractivity contribution in [3.8, 4) is 5.75 Å². The Kier molecular flexibility index (Phi) is 4.85. The summed E-state index contributed by atoms with van der Waals surface area (Å²) < 4.78 is 6.39. The van der Waals surface area contributed by atoms with E-state index in [2.05, 4.69) is 41.9 Å². The molecule has 7 nitrogen and oxygen atoms in total. The number of hydrogen-bond acceptors (Lipinski definition) is 5. The summed E-state index contributed by atoms with van der Waals surface area (Å²) in [7, 11) is 0. The number of H-pyrrole nitrogens is 1. The summed E-state index contributed by atoms with van der Waals surface area (Å²) in [6.45, 7) is 0.570. The number of halogens is 1. The van der Waals surface area contributed by atoms with Crippen LogP contribution < -0.4 is 10.1 Å². The fraction of sp³-hybridized carbons (Fsp3) is 0.273. The topological polar surface area (TPSA) is 92.8 Å². The molecule has 1 aromatic carbocycles. The van der Waals surface area contributed by atoms with E-state index in [4.69, 9.17) is 4.74 Å². The molecule has 1 heterocycles. The molecule has 1 amide bonds. The third-order valence-electron chi connectivity index (χ3n) is 2.23. The van der Waals surface area contributed by atoms with Crippen LogP contribution in [0.15, 0.2) is 28.7 Å². The molecule has 8 heteroatoms. The highest BCUT2D eigenvalue weighted by Crippen LogP contribution is 2.17. The second kappa shape index (κ2) is 6.83. The summed E-state index contributed by atoms with van der Waals surface area (Å²) in [5, 5.41) is 15.8. The van der Waals surface area contributed by atoms with E-state index in [0.717, 1.165) is 10.2 Å². The van der Waals surface area contributed by atoms with Crippen LogP contribution in [0.1, 0.15) is 12.2 Å². The number of tetrazole rings is 1. The van der Waals surface area contributed by atoms with E-state index in [1.54, 1.807) is 0 Å². The van der Waals surface area contributed by atoms with Gasteiger partial charge < -0.3 is 10.1 Å². The molecule has 19 heavy (non-hydrogen) atoms. The molecular formula is C11H12BrN5O2. The molecule has 0 unspecified atom stereocenters. The van der Waals surface area contributed by atoms with Gasteiger partial charge in [0.25, 0.3) is 0 Å². The van der Waals surface area contributed by atoms with Crippen molar-refractivity contribution in [2.24, 2.45) is 0 Å². The maximum Gasteiger partial charge on any atom is 0.223 e. The van der Waals surface area contributed by atoms with Crippen molar-refractivity contribution in [2.45, 2.75) is 13.0 Å². The van der Waals surface area contributed by atoms with E-state index in [0.29, 0.717) is 12.4 Å². The predicted octanol–water partition coefficient (Wildman–Crippen LogP) is 1.05. The number of rotatable bonds is 6. The molecule has 0 bridgehead atoms. The van der Waals surface area contributed by atoms with Gasteiger partial charge in [0.15, 0.2) is 5.82 Å². The maximum atomic E-state index is 11.5. The fourth-order valence-electron chi connectivity index (χ4n) is 1.34. The Hall–Kier alpha value is -1.96. The van der Waals surface area contributed by atoms with Crippen LogP contribution in [-0.2, 0) is 11.3 Å². The van der Waals surface area contributed by atoms with Gasteiger partial charge in [-0.05, 0) is 18.2 Å². The van der Waals surface area contributed by atoms with Gasteiger partial charge in [-0.25, -0.2) is 0 Å².